The summed E-state index contributed by atoms with van der Waals surface area (Å²) in [7, 11) is -3.43. The Hall–Kier alpha value is -0.390. The van der Waals surface area contributed by atoms with E-state index in [-0.39, 0.29) is 0 Å². The average molecular weight is 320 g/mol. The van der Waals surface area contributed by atoms with Gasteiger partial charge in [-0.1, -0.05) is 33.6 Å². The zero-order valence-electron chi connectivity index (χ0n) is 10.3. The molecule has 17 heavy (non-hydrogen) atoms. The lowest BCUT2D eigenvalue weighted by Gasteiger charge is -2.25. The van der Waals surface area contributed by atoms with Crippen LogP contribution < -0.4 is 4.72 Å². The molecular formula is C12H18BrNO2S. The van der Waals surface area contributed by atoms with E-state index in [9.17, 15) is 8.42 Å². The van der Waals surface area contributed by atoms with Gasteiger partial charge in [0.2, 0.25) is 10.0 Å². The van der Waals surface area contributed by atoms with Crippen molar-refractivity contribution in [3.05, 3.63) is 29.8 Å². The number of hydrogen-bond donors (Lipinski definition) is 1. The van der Waals surface area contributed by atoms with Crippen LogP contribution in [0, 0.1) is 6.92 Å². The van der Waals surface area contributed by atoms with E-state index in [0.717, 1.165) is 17.3 Å². The molecule has 5 heteroatoms. The number of benzene rings is 1. The maximum Gasteiger partial charge on any atom is 0.241 e. The number of sulfonamides is 1. The molecule has 0 radical (unpaired) electrons. The van der Waals surface area contributed by atoms with Gasteiger partial charge in [-0.3, -0.25) is 0 Å². The van der Waals surface area contributed by atoms with Crippen LogP contribution in [0.4, 0.5) is 0 Å². The zero-order chi connectivity index (χ0) is 13.1. The maximum absolute atomic E-state index is 12.1. The van der Waals surface area contributed by atoms with Gasteiger partial charge in [0.05, 0.1) is 4.90 Å². The molecule has 96 valence electrons. The summed E-state index contributed by atoms with van der Waals surface area (Å²) in [5.74, 6) is 0. The third-order valence-electron chi connectivity index (χ3n) is 2.46. The second-order valence-corrected chi connectivity index (χ2v) is 7.22. The SMILES string of the molecule is Cc1ccc(S(=O)(=O)NC(C)(C)CCBr)cc1. The Morgan fingerprint density at radius 1 is 1.24 bits per heavy atom. The summed E-state index contributed by atoms with van der Waals surface area (Å²) in [6.07, 6.45) is 0.734. The molecule has 1 aromatic rings. The molecule has 0 bridgehead atoms. The fraction of sp³-hybridized carbons (Fsp3) is 0.500. The van der Waals surface area contributed by atoms with Gasteiger partial charge < -0.3 is 0 Å². The summed E-state index contributed by atoms with van der Waals surface area (Å²) in [5, 5.41) is 0.760. The minimum Gasteiger partial charge on any atom is -0.207 e. The fourth-order valence-corrected chi connectivity index (χ4v) is 3.86. The van der Waals surface area contributed by atoms with E-state index in [1.165, 1.54) is 0 Å². The number of rotatable bonds is 5. The Balaban J connectivity index is 2.93. The van der Waals surface area contributed by atoms with Gasteiger partial charge in [0, 0.05) is 10.9 Å². The predicted octanol–water partition coefficient (Wildman–Crippen LogP) is 2.84. The van der Waals surface area contributed by atoms with Gasteiger partial charge in [-0.15, -0.1) is 0 Å². The van der Waals surface area contributed by atoms with Gasteiger partial charge in [0.15, 0.2) is 0 Å². The topological polar surface area (TPSA) is 46.2 Å². The highest BCUT2D eigenvalue weighted by atomic mass is 79.9. The van der Waals surface area contributed by atoms with E-state index in [4.69, 9.17) is 0 Å². The van der Waals surface area contributed by atoms with Crippen molar-refractivity contribution in [2.75, 3.05) is 5.33 Å². The molecule has 1 N–H and O–H groups in total. The summed E-state index contributed by atoms with van der Waals surface area (Å²) in [4.78, 5) is 0.311. The first-order chi connectivity index (χ1) is 7.77. The first-order valence-corrected chi connectivity index (χ1v) is 8.04. The Morgan fingerprint density at radius 2 is 1.76 bits per heavy atom. The Labute approximate surface area is 112 Å². The van der Waals surface area contributed by atoms with Gasteiger partial charge in [0.25, 0.3) is 0 Å². The molecule has 0 fully saturated rings. The van der Waals surface area contributed by atoms with Gasteiger partial charge in [0.1, 0.15) is 0 Å². The monoisotopic (exact) mass is 319 g/mol. The number of alkyl halides is 1. The van der Waals surface area contributed by atoms with Crippen molar-refractivity contribution >= 4 is 26.0 Å². The second-order valence-electron chi connectivity index (χ2n) is 4.74. The second kappa shape index (κ2) is 5.50. The highest BCUT2D eigenvalue weighted by molar-refractivity contribution is 9.09. The highest BCUT2D eigenvalue weighted by Crippen LogP contribution is 2.16. The van der Waals surface area contributed by atoms with Crippen molar-refractivity contribution < 1.29 is 8.42 Å². The molecule has 3 nitrogen and oxygen atoms in total. The van der Waals surface area contributed by atoms with E-state index in [1.54, 1.807) is 24.3 Å². The van der Waals surface area contributed by atoms with Gasteiger partial charge in [-0.25, -0.2) is 13.1 Å². The number of aryl methyl sites for hydroxylation is 1. The van der Waals surface area contributed by atoms with Crippen LogP contribution >= 0.6 is 15.9 Å². The van der Waals surface area contributed by atoms with Crippen molar-refractivity contribution in [1.29, 1.82) is 0 Å². The largest absolute Gasteiger partial charge is 0.241 e. The molecule has 0 saturated heterocycles. The zero-order valence-corrected chi connectivity index (χ0v) is 12.7. The van der Waals surface area contributed by atoms with Gasteiger partial charge in [-0.05, 0) is 39.3 Å². The van der Waals surface area contributed by atoms with Crippen LogP contribution in [-0.2, 0) is 10.0 Å². The van der Waals surface area contributed by atoms with Crippen molar-refractivity contribution in [2.24, 2.45) is 0 Å². The molecule has 0 aliphatic carbocycles. The summed E-state index contributed by atoms with van der Waals surface area (Å²) < 4.78 is 26.9. The molecule has 1 aromatic carbocycles. The average Bonchev–Trinajstić information content (AvgIpc) is 2.16. The maximum atomic E-state index is 12.1. The van der Waals surface area contributed by atoms with Crippen LogP contribution in [0.1, 0.15) is 25.8 Å². The molecule has 1 rings (SSSR count). The van der Waals surface area contributed by atoms with E-state index < -0.39 is 15.6 Å². The lowest BCUT2D eigenvalue weighted by atomic mass is 10.0. The lowest BCUT2D eigenvalue weighted by molar-refractivity contribution is 0.443. The quantitative estimate of drug-likeness (QED) is 0.848. The number of hydrogen-bond acceptors (Lipinski definition) is 2. The summed E-state index contributed by atoms with van der Waals surface area (Å²) in [6, 6.07) is 6.85. The molecule has 0 atom stereocenters. The van der Waals surface area contributed by atoms with Crippen molar-refractivity contribution in [3.63, 3.8) is 0 Å². The van der Waals surface area contributed by atoms with Crippen LogP contribution in [0.5, 0.6) is 0 Å². The lowest BCUT2D eigenvalue weighted by Crippen LogP contribution is -2.43. The third-order valence-corrected chi connectivity index (χ3v) is 4.57. The molecule has 0 amide bonds. The molecule has 0 saturated carbocycles. The van der Waals surface area contributed by atoms with Crippen molar-refractivity contribution in [1.82, 2.24) is 4.72 Å². The standard InChI is InChI=1S/C12H18BrNO2S/c1-10-4-6-11(7-5-10)17(15,16)14-12(2,3)8-9-13/h4-7,14H,8-9H2,1-3H3. The number of nitrogens with one attached hydrogen (secondary N) is 1. The smallest absolute Gasteiger partial charge is 0.207 e. The van der Waals surface area contributed by atoms with Crippen LogP contribution in [0.3, 0.4) is 0 Å². The van der Waals surface area contributed by atoms with E-state index >= 15 is 0 Å². The molecule has 0 aromatic heterocycles. The summed E-state index contributed by atoms with van der Waals surface area (Å²) in [5.41, 5.74) is 0.594. The Bertz CT molecular complexity index is 466. The molecular weight excluding hydrogens is 302 g/mol. The van der Waals surface area contributed by atoms with Crippen LogP contribution in [0.2, 0.25) is 0 Å². The molecule has 0 spiro atoms. The van der Waals surface area contributed by atoms with Crippen molar-refractivity contribution in [2.45, 2.75) is 37.6 Å². The molecule has 0 unspecified atom stereocenters. The van der Waals surface area contributed by atoms with E-state index in [2.05, 4.69) is 20.7 Å². The fourth-order valence-electron chi connectivity index (χ4n) is 1.43. The Morgan fingerprint density at radius 3 is 2.24 bits per heavy atom. The number of halogens is 1. The van der Waals surface area contributed by atoms with Crippen LogP contribution in [0.15, 0.2) is 29.2 Å². The predicted molar refractivity (Wildman–Crippen MR) is 74.0 cm³/mol. The molecule has 0 heterocycles. The van der Waals surface area contributed by atoms with Crippen LogP contribution in [-0.4, -0.2) is 19.3 Å². The summed E-state index contributed by atoms with van der Waals surface area (Å²) >= 11 is 3.32. The van der Waals surface area contributed by atoms with Crippen molar-refractivity contribution in [3.8, 4) is 0 Å². The van der Waals surface area contributed by atoms with Crippen LogP contribution in [0.25, 0.3) is 0 Å². The van der Waals surface area contributed by atoms with E-state index in [0.29, 0.717) is 4.90 Å². The first kappa shape index (κ1) is 14.7. The van der Waals surface area contributed by atoms with Gasteiger partial charge >= 0.3 is 0 Å². The highest BCUT2D eigenvalue weighted by Gasteiger charge is 2.25. The molecule has 0 aliphatic rings. The minimum absolute atomic E-state index is 0.311. The molecule has 0 aliphatic heterocycles. The van der Waals surface area contributed by atoms with E-state index in [1.807, 2.05) is 20.8 Å². The normalized spacial score (nSPS) is 12.7. The minimum atomic E-state index is -3.43. The first-order valence-electron chi connectivity index (χ1n) is 5.43. The third kappa shape index (κ3) is 4.41. The summed E-state index contributed by atoms with van der Waals surface area (Å²) in [6.45, 7) is 5.68. The van der Waals surface area contributed by atoms with Gasteiger partial charge in [-0.2, -0.15) is 0 Å². The Kier molecular flexibility index (Phi) is 4.75.